The van der Waals surface area contributed by atoms with Crippen LogP contribution >= 0.6 is 0 Å². The van der Waals surface area contributed by atoms with Gasteiger partial charge in [0.25, 0.3) is 0 Å². The third-order valence-corrected chi connectivity index (χ3v) is 2.62. The molecule has 0 fully saturated rings. The van der Waals surface area contributed by atoms with E-state index >= 15 is 0 Å². The molecule has 0 radical (unpaired) electrons. The monoisotopic (exact) mass is 210 g/mol. The zero-order valence-electron chi connectivity index (χ0n) is 11.3. The van der Waals surface area contributed by atoms with E-state index in [2.05, 4.69) is 39.8 Å². The van der Waals surface area contributed by atoms with Crippen molar-refractivity contribution in [2.24, 2.45) is 5.41 Å². The van der Waals surface area contributed by atoms with Gasteiger partial charge in [-0.25, -0.2) is 0 Å². The highest BCUT2D eigenvalue weighted by Crippen LogP contribution is 2.19. The predicted octanol–water partition coefficient (Wildman–Crippen LogP) is 5.73. The van der Waals surface area contributed by atoms with E-state index in [1.807, 2.05) is 0 Å². The second kappa shape index (κ2) is 9.00. The molecule has 0 aromatic carbocycles. The Kier molecular flexibility index (Phi) is 8.85. The van der Waals surface area contributed by atoms with Crippen LogP contribution in [0.5, 0.6) is 0 Å². The Hall–Kier alpha value is -0.260. The van der Waals surface area contributed by atoms with E-state index < -0.39 is 0 Å². The van der Waals surface area contributed by atoms with Gasteiger partial charge in [-0.3, -0.25) is 0 Å². The molecule has 0 aliphatic carbocycles. The molecule has 0 aromatic heterocycles. The molecule has 0 rings (SSSR count). The van der Waals surface area contributed by atoms with Gasteiger partial charge in [0.1, 0.15) is 0 Å². The molecule has 0 saturated heterocycles. The number of hydrogen-bond donors (Lipinski definition) is 0. The van der Waals surface area contributed by atoms with Crippen LogP contribution in [-0.4, -0.2) is 0 Å². The summed E-state index contributed by atoms with van der Waals surface area (Å²) in [6.07, 6.45) is 15.6. The van der Waals surface area contributed by atoms with Crippen molar-refractivity contribution in [1.82, 2.24) is 0 Å². The third-order valence-electron chi connectivity index (χ3n) is 2.62. The summed E-state index contributed by atoms with van der Waals surface area (Å²) in [7, 11) is 0. The molecule has 0 unspecified atom stereocenters. The van der Waals surface area contributed by atoms with Crippen molar-refractivity contribution in [3.05, 3.63) is 12.2 Å². The molecule has 0 spiro atoms. The van der Waals surface area contributed by atoms with E-state index in [0.29, 0.717) is 5.41 Å². The van der Waals surface area contributed by atoms with Crippen LogP contribution in [0, 0.1) is 5.41 Å². The van der Waals surface area contributed by atoms with Crippen LogP contribution in [0.2, 0.25) is 0 Å². The average molecular weight is 210 g/mol. The van der Waals surface area contributed by atoms with Gasteiger partial charge in [-0.05, 0) is 24.7 Å². The van der Waals surface area contributed by atoms with Crippen molar-refractivity contribution in [2.75, 3.05) is 0 Å². The van der Waals surface area contributed by atoms with Crippen LogP contribution in [0.3, 0.4) is 0 Å². The lowest BCUT2D eigenvalue weighted by molar-refractivity contribution is 0.420. The lowest BCUT2D eigenvalue weighted by Gasteiger charge is -2.14. The zero-order valence-corrected chi connectivity index (χ0v) is 11.3. The molecule has 0 atom stereocenters. The van der Waals surface area contributed by atoms with E-state index in [1.165, 1.54) is 51.4 Å². The third kappa shape index (κ3) is 13.7. The van der Waals surface area contributed by atoms with Crippen molar-refractivity contribution in [1.29, 1.82) is 0 Å². The summed E-state index contributed by atoms with van der Waals surface area (Å²) >= 11 is 0. The lowest BCUT2D eigenvalue weighted by Crippen LogP contribution is -2.01. The Bertz CT molecular complexity index is 148. The zero-order chi connectivity index (χ0) is 11.6. The van der Waals surface area contributed by atoms with Crippen molar-refractivity contribution in [2.45, 2.75) is 79.1 Å². The highest BCUT2D eigenvalue weighted by Gasteiger charge is 2.05. The first-order valence-corrected chi connectivity index (χ1v) is 6.71. The maximum absolute atomic E-state index is 2.37. The SMILES string of the molecule is CCCCCCCCC=CCC(C)(C)C. The molecule has 0 aliphatic heterocycles. The minimum Gasteiger partial charge on any atom is -0.0885 e. The predicted molar refractivity (Wildman–Crippen MR) is 71.2 cm³/mol. The van der Waals surface area contributed by atoms with Crippen LogP contribution in [0.25, 0.3) is 0 Å². The number of allylic oxidation sites excluding steroid dienone is 2. The maximum atomic E-state index is 2.37. The van der Waals surface area contributed by atoms with E-state index in [-0.39, 0.29) is 0 Å². The number of hydrogen-bond acceptors (Lipinski definition) is 0. The van der Waals surface area contributed by atoms with E-state index in [4.69, 9.17) is 0 Å². The first kappa shape index (κ1) is 14.7. The minimum absolute atomic E-state index is 0.456. The standard InChI is InChI=1S/C15H30/c1-5-6-7-8-9-10-11-12-13-14-15(2,3)4/h12-13H,5-11,14H2,1-4H3. The highest BCUT2D eigenvalue weighted by molar-refractivity contribution is 4.85. The first-order valence-electron chi connectivity index (χ1n) is 6.71. The van der Waals surface area contributed by atoms with Gasteiger partial charge < -0.3 is 0 Å². The van der Waals surface area contributed by atoms with Crippen LogP contribution in [-0.2, 0) is 0 Å². The van der Waals surface area contributed by atoms with Gasteiger partial charge in [-0.1, -0.05) is 72.0 Å². The van der Waals surface area contributed by atoms with Gasteiger partial charge in [0.2, 0.25) is 0 Å². The molecule has 0 saturated carbocycles. The second-order valence-corrected chi connectivity index (χ2v) is 5.79. The highest BCUT2D eigenvalue weighted by atomic mass is 14.1. The number of unbranched alkanes of at least 4 members (excludes halogenated alkanes) is 6. The molecule has 15 heavy (non-hydrogen) atoms. The van der Waals surface area contributed by atoms with E-state index in [1.54, 1.807) is 0 Å². The van der Waals surface area contributed by atoms with Crippen molar-refractivity contribution < 1.29 is 0 Å². The Morgan fingerprint density at radius 3 is 2.00 bits per heavy atom. The summed E-state index contributed by atoms with van der Waals surface area (Å²) < 4.78 is 0. The molecule has 0 aliphatic rings. The largest absolute Gasteiger partial charge is 0.0885 e. The Balaban J connectivity index is 3.17. The molecule has 0 heterocycles. The summed E-state index contributed by atoms with van der Waals surface area (Å²) in [6, 6.07) is 0. The molecule has 0 bridgehead atoms. The smallest absolute Gasteiger partial charge is 0.0302 e. The summed E-state index contributed by atoms with van der Waals surface area (Å²) in [5, 5.41) is 0. The average Bonchev–Trinajstić information content (AvgIpc) is 2.14. The van der Waals surface area contributed by atoms with Crippen molar-refractivity contribution >= 4 is 0 Å². The lowest BCUT2D eigenvalue weighted by atomic mass is 9.92. The normalized spacial score (nSPS) is 12.5. The minimum atomic E-state index is 0.456. The molecule has 0 heteroatoms. The fraction of sp³-hybridized carbons (Fsp3) is 0.867. The van der Waals surface area contributed by atoms with Crippen LogP contribution in [0.1, 0.15) is 79.1 Å². The molecule has 0 nitrogen and oxygen atoms in total. The molecule has 90 valence electrons. The van der Waals surface area contributed by atoms with Crippen LogP contribution in [0.4, 0.5) is 0 Å². The fourth-order valence-electron chi connectivity index (χ4n) is 1.60. The van der Waals surface area contributed by atoms with Crippen LogP contribution in [0.15, 0.2) is 12.2 Å². The van der Waals surface area contributed by atoms with Gasteiger partial charge in [-0.15, -0.1) is 0 Å². The van der Waals surface area contributed by atoms with Gasteiger partial charge >= 0.3 is 0 Å². The van der Waals surface area contributed by atoms with Gasteiger partial charge in [0.05, 0.1) is 0 Å². The van der Waals surface area contributed by atoms with Gasteiger partial charge in [0, 0.05) is 0 Å². The van der Waals surface area contributed by atoms with Crippen LogP contribution < -0.4 is 0 Å². The first-order chi connectivity index (χ1) is 7.06. The molecule has 0 amide bonds. The summed E-state index contributed by atoms with van der Waals surface area (Å²) in [5.41, 5.74) is 0.456. The second-order valence-electron chi connectivity index (χ2n) is 5.79. The Labute approximate surface area is 97.2 Å². The molecular formula is C15H30. The molecule has 0 N–H and O–H groups in total. The molecular weight excluding hydrogens is 180 g/mol. The van der Waals surface area contributed by atoms with Crippen molar-refractivity contribution in [3.8, 4) is 0 Å². The van der Waals surface area contributed by atoms with Crippen molar-refractivity contribution in [3.63, 3.8) is 0 Å². The summed E-state index contributed by atoms with van der Waals surface area (Å²) in [6.45, 7) is 9.15. The van der Waals surface area contributed by atoms with Gasteiger partial charge in [0.15, 0.2) is 0 Å². The number of rotatable bonds is 8. The summed E-state index contributed by atoms with van der Waals surface area (Å²) in [4.78, 5) is 0. The molecule has 0 aromatic rings. The Morgan fingerprint density at radius 2 is 1.40 bits per heavy atom. The van der Waals surface area contributed by atoms with E-state index in [0.717, 1.165) is 0 Å². The van der Waals surface area contributed by atoms with E-state index in [9.17, 15) is 0 Å². The quantitative estimate of drug-likeness (QED) is 0.354. The Morgan fingerprint density at radius 1 is 0.800 bits per heavy atom. The van der Waals surface area contributed by atoms with Gasteiger partial charge in [-0.2, -0.15) is 0 Å². The fourth-order valence-corrected chi connectivity index (χ4v) is 1.60. The topological polar surface area (TPSA) is 0 Å². The maximum Gasteiger partial charge on any atom is -0.0302 e. The summed E-state index contributed by atoms with van der Waals surface area (Å²) in [5.74, 6) is 0.